The van der Waals surface area contributed by atoms with Crippen molar-refractivity contribution >= 4 is 33.0 Å². The van der Waals surface area contributed by atoms with Crippen molar-refractivity contribution in [3.8, 4) is 0 Å². The van der Waals surface area contributed by atoms with Crippen molar-refractivity contribution in [3.05, 3.63) is 23.5 Å². The van der Waals surface area contributed by atoms with Crippen LogP contribution in [0.2, 0.25) is 5.15 Å². The molecule has 1 aromatic heterocycles. The summed E-state index contributed by atoms with van der Waals surface area (Å²) in [7, 11) is -3.51. The molecule has 0 spiro atoms. The number of anilines is 1. The van der Waals surface area contributed by atoms with Crippen LogP contribution in [0.15, 0.2) is 18.3 Å². The van der Waals surface area contributed by atoms with Gasteiger partial charge in [0, 0.05) is 12.5 Å². The molecule has 0 aliphatic carbocycles. The van der Waals surface area contributed by atoms with Crippen LogP contribution >= 0.6 is 11.6 Å². The molecule has 0 aliphatic heterocycles. The Morgan fingerprint density at radius 1 is 1.47 bits per heavy atom. The molecule has 1 N–H and O–H groups in total. The lowest BCUT2D eigenvalue weighted by Gasteiger charge is -2.21. The Kier molecular flexibility index (Phi) is 3.78. The summed E-state index contributed by atoms with van der Waals surface area (Å²) in [6.07, 6.45) is 2.48. The first-order chi connectivity index (χ1) is 7.66. The molecule has 17 heavy (non-hydrogen) atoms. The zero-order valence-electron chi connectivity index (χ0n) is 9.69. The van der Waals surface area contributed by atoms with Crippen molar-refractivity contribution in [2.45, 2.75) is 18.6 Å². The molecular formula is C10H13ClN2O3S. The van der Waals surface area contributed by atoms with Gasteiger partial charge in [-0.3, -0.25) is 4.79 Å². The molecule has 0 unspecified atom stereocenters. The first kappa shape index (κ1) is 13.9. The molecule has 1 amide bonds. The fraction of sp³-hybridized carbons (Fsp3) is 0.400. The van der Waals surface area contributed by atoms with Gasteiger partial charge in [-0.05, 0) is 26.0 Å². The van der Waals surface area contributed by atoms with Gasteiger partial charge in [0.2, 0.25) is 5.91 Å². The van der Waals surface area contributed by atoms with Crippen LogP contribution in [0.25, 0.3) is 0 Å². The lowest BCUT2D eigenvalue weighted by Crippen LogP contribution is -2.43. The Bertz CT molecular complexity index is 540. The Morgan fingerprint density at radius 3 is 2.53 bits per heavy atom. The average Bonchev–Trinajstić information content (AvgIpc) is 2.19. The number of halogens is 1. The highest BCUT2D eigenvalue weighted by Crippen LogP contribution is 2.22. The first-order valence-corrected chi connectivity index (χ1v) is 7.05. The molecule has 94 valence electrons. The van der Waals surface area contributed by atoms with E-state index in [2.05, 4.69) is 10.3 Å². The minimum absolute atomic E-state index is 0.116. The van der Waals surface area contributed by atoms with Crippen LogP contribution in [0.5, 0.6) is 0 Å². The van der Waals surface area contributed by atoms with Crippen LogP contribution in [0.1, 0.15) is 13.8 Å². The smallest absolute Gasteiger partial charge is 0.245 e. The Hall–Kier alpha value is -1.14. The van der Waals surface area contributed by atoms with Gasteiger partial charge in [-0.2, -0.15) is 0 Å². The predicted molar refractivity (Wildman–Crippen MR) is 66.8 cm³/mol. The third-order valence-corrected chi connectivity index (χ3v) is 4.82. The summed E-state index contributed by atoms with van der Waals surface area (Å²) >= 11 is 5.76. The second kappa shape index (κ2) is 4.62. The number of sulfone groups is 1. The third kappa shape index (κ3) is 2.95. The van der Waals surface area contributed by atoms with E-state index in [1.165, 1.54) is 20.0 Å². The number of rotatable bonds is 3. The number of pyridine rings is 1. The van der Waals surface area contributed by atoms with E-state index < -0.39 is 20.5 Å². The molecule has 0 saturated heterocycles. The van der Waals surface area contributed by atoms with Crippen LogP contribution in [-0.2, 0) is 14.6 Å². The summed E-state index contributed by atoms with van der Waals surface area (Å²) in [5, 5.41) is 2.56. The number of hydrogen-bond acceptors (Lipinski definition) is 4. The zero-order chi connectivity index (χ0) is 13.3. The molecule has 0 aliphatic rings. The number of nitrogens with one attached hydrogen (secondary N) is 1. The highest BCUT2D eigenvalue weighted by molar-refractivity contribution is 7.92. The maximum absolute atomic E-state index is 11.9. The van der Waals surface area contributed by atoms with Gasteiger partial charge >= 0.3 is 0 Å². The van der Waals surface area contributed by atoms with Gasteiger partial charge in [0.1, 0.15) is 4.75 Å². The van der Waals surface area contributed by atoms with Crippen molar-refractivity contribution in [2.75, 3.05) is 11.6 Å². The molecular weight excluding hydrogens is 264 g/mol. The molecule has 5 nitrogen and oxygen atoms in total. The van der Waals surface area contributed by atoms with E-state index in [-0.39, 0.29) is 10.8 Å². The molecule has 0 atom stereocenters. The molecule has 1 aromatic rings. The van der Waals surface area contributed by atoms with E-state index in [0.717, 1.165) is 6.26 Å². The highest BCUT2D eigenvalue weighted by atomic mass is 35.5. The van der Waals surface area contributed by atoms with Gasteiger partial charge in [0.25, 0.3) is 0 Å². The number of carbonyl (C=O) groups excluding carboxylic acids is 1. The number of hydrogen-bond donors (Lipinski definition) is 1. The molecule has 0 radical (unpaired) electrons. The predicted octanol–water partition coefficient (Wildman–Crippen LogP) is 1.50. The molecule has 0 aromatic carbocycles. The van der Waals surface area contributed by atoms with Crippen molar-refractivity contribution in [3.63, 3.8) is 0 Å². The number of nitrogens with zero attached hydrogens (tertiary/aromatic N) is 1. The monoisotopic (exact) mass is 276 g/mol. The maximum Gasteiger partial charge on any atom is 0.245 e. The van der Waals surface area contributed by atoms with Crippen molar-refractivity contribution in [2.24, 2.45) is 0 Å². The van der Waals surface area contributed by atoms with Crippen LogP contribution < -0.4 is 5.32 Å². The van der Waals surface area contributed by atoms with E-state index in [1.807, 2.05) is 0 Å². The van der Waals surface area contributed by atoms with Crippen molar-refractivity contribution < 1.29 is 13.2 Å². The van der Waals surface area contributed by atoms with Crippen molar-refractivity contribution in [1.82, 2.24) is 4.98 Å². The van der Waals surface area contributed by atoms with Gasteiger partial charge in [0.15, 0.2) is 15.0 Å². The minimum atomic E-state index is -3.51. The Morgan fingerprint density at radius 2 is 2.06 bits per heavy atom. The van der Waals surface area contributed by atoms with E-state index in [4.69, 9.17) is 11.6 Å². The lowest BCUT2D eigenvalue weighted by molar-refractivity contribution is -0.117. The third-order valence-electron chi connectivity index (χ3n) is 2.48. The summed E-state index contributed by atoms with van der Waals surface area (Å²) < 4.78 is 21.4. The molecule has 7 heteroatoms. The number of aromatic nitrogens is 1. The van der Waals surface area contributed by atoms with Gasteiger partial charge in [-0.1, -0.05) is 11.6 Å². The number of amides is 1. The normalized spacial score (nSPS) is 12.2. The summed E-state index contributed by atoms with van der Waals surface area (Å²) in [6.45, 7) is 2.67. The fourth-order valence-electron chi connectivity index (χ4n) is 0.920. The lowest BCUT2D eigenvalue weighted by atomic mass is 10.2. The van der Waals surface area contributed by atoms with Crippen LogP contribution in [0.3, 0.4) is 0 Å². The topological polar surface area (TPSA) is 76.1 Å². The summed E-state index contributed by atoms with van der Waals surface area (Å²) in [4.78, 5) is 15.6. The first-order valence-electron chi connectivity index (χ1n) is 4.78. The van der Waals surface area contributed by atoms with Gasteiger partial charge in [0.05, 0.1) is 5.69 Å². The second-order valence-corrected chi connectivity index (χ2v) is 7.00. The Labute approximate surface area is 105 Å². The van der Waals surface area contributed by atoms with Crippen LogP contribution in [0.4, 0.5) is 5.69 Å². The summed E-state index contributed by atoms with van der Waals surface area (Å²) in [5.41, 5.74) is 0.288. The SMILES string of the molecule is CC(C)(C(=O)Nc1cccnc1Cl)S(C)(=O)=O. The zero-order valence-corrected chi connectivity index (χ0v) is 11.3. The molecule has 0 bridgehead atoms. The standard InChI is InChI=1S/C10H13ClN2O3S/c1-10(2,17(3,15)16)9(14)13-7-5-4-6-12-8(7)11/h4-6H,1-3H3,(H,13,14). The van der Waals surface area contributed by atoms with Crippen LogP contribution in [0, 0.1) is 0 Å². The molecule has 1 rings (SSSR count). The highest BCUT2D eigenvalue weighted by Gasteiger charge is 2.38. The fourth-order valence-corrected chi connectivity index (χ4v) is 1.47. The van der Waals surface area contributed by atoms with Crippen LogP contribution in [-0.4, -0.2) is 30.3 Å². The van der Waals surface area contributed by atoms with E-state index in [1.54, 1.807) is 12.1 Å². The molecule has 0 saturated carbocycles. The number of carbonyl (C=O) groups is 1. The van der Waals surface area contributed by atoms with E-state index >= 15 is 0 Å². The largest absolute Gasteiger partial charge is 0.322 e. The molecule has 0 fully saturated rings. The quantitative estimate of drug-likeness (QED) is 0.849. The summed E-state index contributed by atoms with van der Waals surface area (Å²) in [6, 6.07) is 3.14. The minimum Gasteiger partial charge on any atom is -0.322 e. The Balaban J connectivity index is 2.99. The van der Waals surface area contributed by atoms with Gasteiger partial charge in [-0.25, -0.2) is 13.4 Å². The van der Waals surface area contributed by atoms with Gasteiger partial charge < -0.3 is 5.32 Å². The molecule has 1 heterocycles. The summed E-state index contributed by atoms with van der Waals surface area (Å²) in [5.74, 6) is -0.644. The maximum atomic E-state index is 11.9. The van der Waals surface area contributed by atoms with E-state index in [0.29, 0.717) is 0 Å². The second-order valence-electron chi connectivity index (χ2n) is 4.08. The van der Waals surface area contributed by atoms with Crippen molar-refractivity contribution in [1.29, 1.82) is 0 Å². The van der Waals surface area contributed by atoms with E-state index in [9.17, 15) is 13.2 Å². The van der Waals surface area contributed by atoms with Gasteiger partial charge in [-0.15, -0.1) is 0 Å². The average molecular weight is 277 g/mol.